The van der Waals surface area contributed by atoms with Crippen LogP contribution in [0.25, 0.3) is 0 Å². The van der Waals surface area contributed by atoms with Gasteiger partial charge in [-0.15, -0.1) is 0 Å². The van der Waals surface area contributed by atoms with Crippen LogP contribution in [0, 0.1) is 6.92 Å². The number of hydrogen-bond donors (Lipinski definition) is 1. The number of amides is 1. The number of sulfonamides is 1. The van der Waals surface area contributed by atoms with Crippen LogP contribution in [0.15, 0.2) is 77.7 Å². The Morgan fingerprint density at radius 1 is 1.00 bits per heavy atom. The predicted molar refractivity (Wildman–Crippen MR) is 143 cm³/mol. The smallest absolute Gasteiger partial charge is 0.264 e. The fraction of sp³-hybridized carbons (Fsp3) is 0.321. The number of ether oxygens (including phenoxy) is 2. The highest BCUT2D eigenvalue weighted by Crippen LogP contribution is 2.25. The van der Waals surface area contributed by atoms with Crippen LogP contribution < -0.4 is 14.4 Å². The Bertz CT molecular complexity index is 1290. The first-order valence-corrected chi connectivity index (χ1v) is 13.7. The van der Waals surface area contributed by atoms with E-state index in [1.807, 2.05) is 31.2 Å². The van der Waals surface area contributed by atoms with Crippen molar-refractivity contribution in [3.05, 3.63) is 89.5 Å². The Morgan fingerprint density at radius 2 is 1.68 bits per heavy atom. The van der Waals surface area contributed by atoms with Gasteiger partial charge >= 0.3 is 0 Å². The Kier molecular flexibility index (Phi) is 8.81. The fourth-order valence-electron chi connectivity index (χ4n) is 4.14. The molecule has 1 amide bonds. The maximum atomic E-state index is 13.6. The highest BCUT2D eigenvalue weighted by molar-refractivity contribution is 7.92. The highest BCUT2D eigenvalue weighted by atomic mass is 32.2. The summed E-state index contributed by atoms with van der Waals surface area (Å²) in [6.45, 7) is 6.00. The van der Waals surface area contributed by atoms with E-state index in [4.69, 9.17) is 9.47 Å². The molecule has 0 unspecified atom stereocenters. The van der Waals surface area contributed by atoms with Crippen LogP contribution >= 0.6 is 0 Å². The Hall–Kier alpha value is -3.40. The minimum absolute atomic E-state index is 0.0810. The molecular formula is C28H33N3O5S. The zero-order valence-corrected chi connectivity index (χ0v) is 22.0. The lowest BCUT2D eigenvalue weighted by Crippen LogP contribution is -2.40. The summed E-state index contributed by atoms with van der Waals surface area (Å²) in [5.74, 6) is 0.158. The number of rotatable bonds is 10. The highest BCUT2D eigenvalue weighted by Gasteiger charge is 2.27. The molecule has 1 heterocycles. The third-order valence-corrected chi connectivity index (χ3v) is 8.04. The standard InChI is InChI=1S/C28H33N3O5S/c1-22-6-8-25(9-7-22)31(37(33,34)27-12-10-26(35-2)11-13-27)21-28(32)29-19-23-4-3-5-24(18-23)20-30-14-16-36-17-15-30/h3-13,18H,14-17,19-21H2,1-2H3,(H,29,32). The normalized spacial score (nSPS) is 14.2. The number of nitrogens with zero attached hydrogens (tertiary/aromatic N) is 2. The summed E-state index contributed by atoms with van der Waals surface area (Å²) in [5.41, 5.74) is 3.53. The molecule has 0 spiro atoms. The van der Waals surface area contributed by atoms with Crippen molar-refractivity contribution in [1.82, 2.24) is 10.2 Å². The number of benzene rings is 3. The van der Waals surface area contributed by atoms with Crippen LogP contribution in [0.1, 0.15) is 16.7 Å². The third kappa shape index (κ3) is 7.09. The first-order valence-electron chi connectivity index (χ1n) is 12.2. The molecule has 0 aromatic heterocycles. The number of anilines is 1. The number of carbonyl (C=O) groups excluding carboxylic acids is 1. The van der Waals surface area contributed by atoms with Crippen molar-refractivity contribution in [1.29, 1.82) is 0 Å². The third-order valence-electron chi connectivity index (χ3n) is 6.25. The molecule has 0 saturated carbocycles. The summed E-state index contributed by atoms with van der Waals surface area (Å²) in [4.78, 5) is 15.4. The van der Waals surface area contributed by atoms with Crippen molar-refractivity contribution in [3.8, 4) is 5.75 Å². The molecule has 37 heavy (non-hydrogen) atoms. The maximum absolute atomic E-state index is 13.6. The zero-order chi connectivity index (χ0) is 26.3. The monoisotopic (exact) mass is 523 g/mol. The average molecular weight is 524 g/mol. The van der Waals surface area contributed by atoms with E-state index in [-0.39, 0.29) is 11.4 Å². The summed E-state index contributed by atoms with van der Waals surface area (Å²) < 4.78 is 38.8. The minimum atomic E-state index is -3.99. The largest absolute Gasteiger partial charge is 0.497 e. The molecule has 1 aliphatic heterocycles. The number of hydrogen-bond acceptors (Lipinski definition) is 6. The summed E-state index contributed by atoms with van der Waals surface area (Å²) in [7, 11) is -2.47. The molecule has 0 atom stereocenters. The summed E-state index contributed by atoms with van der Waals surface area (Å²) in [6, 6.07) is 21.3. The van der Waals surface area contributed by atoms with Crippen LogP contribution in [0.4, 0.5) is 5.69 Å². The van der Waals surface area contributed by atoms with Gasteiger partial charge in [-0.25, -0.2) is 8.42 Å². The van der Waals surface area contributed by atoms with E-state index in [0.29, 0.717) is 18.0 Å². The van der Waals surface area contributed by atoms with Gasteiger partial charge in [-0.3, -0.25) is 14.0 Å². The Morgan fingerprint density at radius 3 is 2.35 bits per heavy atom. The van der Waals surface area contributed by atoms with Gasteiger partial charge in [0.15, 0.2) is 0 Å². The van der Waals surface area contributed by atoms with Crippen LogP contribution in [-0.2, 0) is 32.6 Å². The van der Waals surface area contributed by atoms with Gasteiger partial charge in [0.1, 0.15) is 12.3 Å². The fourth-order valence-corrected chi connectivity index (χ4v) is 5.56. The summed E-state index contributed by atoms with van der Waals surface area (Å²) >= 11 is 0. The predicted octanol–water partition coefficient (Wildman–Crippen LogP) is 3.35. The molecular weight excluding hydrogens is 490 g/mol. The Balaban J connectivity index is 1.46. The van der Waals surface area contributed by atoms with Crippen molar-refractivity contribution >= 4 is 21.6 Å². The second-order valence-corrected chi connectivity index (χ2v) is 10.9. The summed E-state index contributed by atoms with van der Waals surface area (Å²) in [6.07, 6.45) is 0. The first-order chi connectivity index (χ1) is 17.8. The molecule has 3 aromatic carbocycles. The molecule has 1 N–H and O–H groups in total. The van der Waals surface area contributed by atoms with Crippen LogP contribution in [0.3, 0.4) is 0 Å². The van der Waals surface area contributed by atoms with Gasteiger partial charge < -0.3 is 14.8 Å². The summed E-state index contributed by atoms with van der Waals surface area (Å²) in [5, 5.41) is 2.88. The van der Waals surface area contributed by atoms with Crippen LogP contribution in [0.2, 0.25) is 0 Å². The van der Waals surface area contributed by atoms with E-state index in [1.165, 1.54) is 19.2 Å². The van der Waals surface area contributed by atoms with E-state index in [1.54, 1.807) is 24.3 Å². The average Bonchev–Trinajstić information content (AvgIpc) is 2.92. The van der Waals surface area contributed by atoms with Crippen molar-refractivity contribution < 1.29 is 22.7 Å². The Labute approximate surface area is 218 Å². The van der Waals surface area contributed by atoms with Gasteiger partial charge in [0.05, 0.1) is 30.9 Å². The molecule has 1 aliphatic rings. The molecule has 9 heteroatoms. The maximum Gasteiger partial charge on any atom is 0.264 e. The first kappa shape index (κ1) is 26.7. The lowest BCUT2D eigenvalue weighted by atomic mass is 10.1. The number of nitrogens with one attached hydrogen (secondary N) is 1. The number of carbonyl (C=O) groups is 1. The lowest BCUT2D eigenvalue weighted by Gasteiger charge is -2.26. The second kappa shape index (κ2) is 12.2. The molecule has 3 aromatic rings. The lowest BCUT2D eigenvalue weighted by molar-refractivity contribution is -0.119. The van der Waals surface area contributed by atoms with E-state index in [0.717, 1.165) is 53.8 Å². The van der Waals surface area contributed by atoms with E-state index in [9.17, 15) is 13.2 Å². The SMILES string of the molecule is COc1ccc(S(=O)(=O)N(CC(=O)NCc2cccc(CN3CCOCC3)c2)c2ccc(C)cc2)cc1. The number of aryl methyl sites for hydroxylation is 1. The zero-order valence-electron chi connectivity index (χ0n) is 21.2. The molecule has 0 aliphatic carbocycles. The second-order valence-electron chi connectivity index (χ2n) is 9.01. The van der Waals surface area contributed by atoms with E-state index >= 15 is 0 Å². The van der Waals surface area contributed by atoms with Crippen LogP contribution in [-0.4, -0.2) is 59.2 Å². The quantitative estimate of drug-likeness (QED) is 0.439. The van der Waals surface area contributed by atoms with Gasteiger partial charge in [0.25, 0.3) is 10.0 Å². The number of methoxy groups -OCH3 is 1. The van der Waals surface area contributed by atoms with E-state index < -0.39 is 15.9 Å². The molecule has 196 valence electrons. The molecule has 0 radical (unpaired) electrons. The van der Waals surface area contributed by atoms with Crippen LogP contribution in [0.5, 0.6) is 5.75 Å². The molecule has 4 rings (SSSR count). The number of morpholine rings is 1. The van der Waals surface area contributed by atoms with Gasteiger partial charge in [0.2, 0.25) is 5.91 Å². The molecule has 1 saturated heterocycles. The van der Waals surface area contributed by atoms with Crippen molar-refractivity contribution in [3.63, 3.8) is 0 Å². The molecule has 8 nitrogen and oxygen atoms in total. The van der Waals surface area contributed by atoms with Gasteiger partial charge in [-0.1, -0.05) is 42.0 Å². The van der Waals surface area contributed by atoms with Gasteiger partial charge in [0, 0.05) is 26.2 Å². The molecule has 0 bridgehead atoms. The van der Waals surface area contributed by atoms with Gasteiger partial charge in [-0.2, -0.15) is 0 Å². The van der Waals surface area contributed by atoms with Crippen molar-refractivity contribution in [2.75, 3.05) is 44.3 Å². The molecule has 1 fully saturated rings. The van der Waals surface area contributed by atoms with E-state index in [2.05, 4.69) is 22.3 Å². The van der Waals surface area contributed by atoms with Crippen molar-refractivity contribution in [2.45, 2.75) is 24.9 Å². The van der Waals surface area contributed by atoms with Crippen molar-refractivity contribution in [2.24, 2.45) is 0 Å². The topological polar surface area (TPSA) is 88.2 Å². The van der Waals surface area contributed by atoms with Gasteiger partial charge in [-0.05, 0) is 54.4 Å². The minimum Gasteiger partial charge on any atom is -0.497 e.